The van der Waals surface area contributed by atoms with Gasteiger partial charge in [0.1, 0.15) is 0 Å². The summed E-state index contributed by atoms with van der Waals surface area (Å²) in [6.45, 7) is -1.38. The van der Waals surface area contributed by atoms with Crippen molar-refractivity contribution < 1.29 is 26.8 Å². The van der Waals surface area contributed by atoms with Crippen LogP contribution in [0, 0.1) is 5.82 Å². The van der Waals surface area contributed by atoms with Gasteiger partial charge in [-0.05, 0) is 18.2 Å². The molecule has 1 N–H and O–H groups in total. The van der Waals surface area contributed by atoms with Crippen molar-refractivity contribution >= 4 is 0 Å². The molecule has 1 aromatic heterocycles. The molecule has 0 atom stereocenters. The molecule has 1 heterocycles. The summed E-state index contributed by atoms with van der Waals surface area (Å²) in [5, 5.41) is 5.75. The standard InChI is InChI=1S/C12H11F4N3O2/c1-20-9-4-7(2-3-8(9)13)11-18-10(21-19-11)5-17-6-12(14,15)16/h2-4,17H,5-6H2,1H3. The fourth-order valence-electron chi connectivity index (χ4n) is 1.55. The lowest BCUT2D eigenvalue weighted by Crippen LogP contribution is -2.28. The molecule has 0 saturated heterocycles. The topological polar surface area (TPSA) is 60.2 Å². The first-order chi connectivity index (χ1) is 9.89. The molecule has 0 saturated carbocycles. The number of hydrogen-bond acceptors (Lipinski definition) is 5. The summed E-state index contributed by atoms with van der Waals surface area (Å²) in [5.41, 5.74) is 0.430. The van der Waals surface area contributed by atoms with Crippen LogP contribution < -0.4 is 10.1 Å². The fourth-order valence-corrected chi connectivity index (χ4v) is 1.55. The summed E-state index contributed by atoms with van der Waals surface area (Å²) in [6.07, 6.45) is -4.31. The lowest BCUT2D eigenvalue weighted by Gasteiger charge is -2.05. The minimum Gasteiger partial charge on any atom is -0.494 e. The van der Waals surface area contributed by atoms with E-state index in [1.807, 2.05) is 0 Å². The number of aromatic nitrogens is 2. The van der Waals surface area contributed by atoms with Gasteiger partial charge in [0.2, 0.25) is 11.7 Å². The highest BCUT2D eigenvalue weighted by molar-refractivity contribution is 5.57. The molecule has 0 radical (unpaired) electrons. The monoisotopic (exact) mass is 305 g/mol. The van der Waals surface area contributed by atoms with Gasteiger partial charge in [0.05, 0.1) is 20.2 Å². The van der Waals surface area contributed by atoms with Crippen LogP contribution in [0.25, 0.3) is 11.4 Å². The second-order valence-electron chi connectivity index (χ2n) is 4.08. The van der Waals surface area contributed by atoms with Gasteiger partial charge in [0.25, 0.3) is 0 Å². The van der Waals surface area contributed by atoms with E-state index in [-0.39, 0.29) is 24.0 Å². The van der Waals surface area contributed by atoms with E-state index in [1.165, 1.54) is 25.3 Å². The molecule has 5 nitrogen and oxygen atoms in total. The van der Waals surface area contributed by atoms with Gasteiger partial charge in [-0.15, -0.1) is 0 Å². The Morgan fingerprint density at radius 2 is 2.10 bits per heavy atom. The van der Waals surface area contributed by atoms with E-state index in [9.17, 15) is 17.6 Å². The minimum atomic E-state index is -4.31. The molecule has 0 spiro atoms. The van der Waals surface area contributed by atoms with E-state index < -0.39 is 18.5 Å². The van der Waals surface area contributed by atoms with Crippen LogP contribution in [-0.2, 0) is 6.54 Å². The third kappa shape index (κ3) is 4.15. The van der Waals surface area contributed by atoms with Gasteiger partial charge in [-0.25, -0.2) is 4.39 Å². The van der Waals surface area contributed by atoms with Crippen LogP contribution in [0.5, 0.6) is 5.75 Å². The molecule has 114 valence electrons. The highest BCUT2D eigenvalue weighted by Crippen LogP contribution is 2.24. The lowest BCUT2D eigenvalue weighted by molar-refractivity contribution is -0.125. The molecule has 2 aromatic rings. The maximum atomic E-state index is 13.3. The average Bonchev–Trinajstić information content (AvgIpc) is 2.86. The van der Waals surface area contributed by atoms with Crippen LogP contribution in [0.3, 0.4) is 0 Å². The molecule has 1 aromatic carbocycles. The second kappa shape index (κ2) is 6.08. The number of benzene rings is 1. The van der Waals surface area contributed by atoms with E-state index in [4.69, 9.17) is 9.26 Å². The first kappa shape index (κ1) is 15.2. The predicted molar refractivity (Wildman–Crippen MR) is 64.0 cm³/mol. The Kier molecular flexibility index (Phi) is 4.41. The number of rotatable bonds is 5. The van der Waals surface area contributed by atoms with E-state index in [1.54, 1.807) is 0 Å². The van der Waals surface area contributed by atoms with Crippen LogP contribution in [0.4, 0.5) is 17.6 Å². The molecule has 0 unspecified atom stereocenters. The van der Waals surface area contributed by atoms with Crippen molar-refractivity contribution in [3.8, 4) is 17.1 Å². The normalized spacial score (nSPS) is 11.7. The van der Waals surface area contributed by atoms with Gasteiger partial charge in [0, 0.05) is 5.56 Å². The molecule has 0 amide bonds. The second-order valence-corrected chi connectivity index (χ2v) is 4.08. The number of methoxy groups -OCH3 is 1. The van der Waals surface area contributed by atoms with Crippen molar-refractivity contribution in [2.24, 2.45) is 0 Å². The number of nitrogens with one attached hydrogen (secondary N) is 1. The highest BCUT2D eigenvalue weighted by atomic mass is 19.4. The number of nitrogens with zero attached hydrogens (tertiary/aromatic N) is 2. The SMILES string of the molecule is COc1cc(-c2noc(CNCC(F)(F)F)n2)ccc1F. The van der Waals surface area contributed by atoms with Crippen molar-refractivity contribution in [3.63, 3.8) is 0 Å². The maximum absolute atomic E-state index is 13.3. The van der Waals surface area contributed by atoms with Crippen molar-refractivity contribution in [3.05, 3.63) is 29.9 Å². The molecule has 0 aliphatic heterocycles. The molecule has 21 heavy (non-hydrogen) atoms. The van der Waals surface area contributed by atoms with E-state index >= 15 is 0 Å². The fraction of sp³-hybridized carbons (Fsp3) is 0.333. The van der Waals surface area contributed by atoms with Crippen molar-refractivity contribution in [1.29, 1.82) is 0 Å². The summed E-state index contributed by atoms with van der Waals surface area (Å²) < 4.78 is 58.8. The third-order valence-corrected chi connectivity index (χ3v) is 2.48. The van der Waals surface area contributed by atoms with Crippen molar-refractivity contribution in [2.45, 2.75) is 12.7 Å². The Morgan fingerprint density at radius 3 is 2.76 bits per heavy atom. The van der Waals surface area contributed by atoms with Crippen LogP contribution in [-0.4, -0.2) is 30.0 Å². The number of hydrogen-bond donors (Lipinski definition) is 1. The van der Waals surface area contributed by atoms with E-state index in [2.05, 4.69) is 15.5 Å². The van der Waals surface area contributed by atoms with Crippen molar-refractivity contribution in [1.82, 2.24) is 15.5 Å². The average molecular weight is 305 g/mol. The molecule has 0 fully saturated rings. The molecule has 0 aliphatic carbocycles. The van der Waals surface area contributed by atoms with Gasteiger partial charge in [-0.1, -0.05) is 5.16 Å². The number of alkyl halides is 3. The van der Waals surface area contributed by atoms with E-state index in [0.717, 1.165) is 0 Å². The minimum absolute atomic E-state index is 0.00228. The highest BCUT2D eigenvalue weighted by Gasteiger charge is 2.26. The predicted octanol–water partition coefficient (Wildman–Crippen LogP) is 2.54. The quantitative estimate of drug-likeness (QED) is 0.860. The number of ether oxygens (including phenoxy) is 1. The Bertz CT molecular complexity index is 613. The summed E-state index contributed by atoms with van der Waals surface area (Å²) in [5.74, 6) is -0.402. The molecule has 9 heteroatoms. The zero-order valence-electron chi connectivity index (χ0n) is 10.9. The summed E-state index contributed by atoms with van der Waals surface area (Å²) in [6, 6.07) is 3.95. The molecule has 0 bridgehead atoms. The molecular weight excluding hydrogens is 294 g/mol. The van der Waals surface area contributed by atoms with Gasteiger partial charge in [-0.3, -0.25) is 0 Å². The molecule has 2 rings (SSSR count). The van der Waals surface area contributed by atoms with Gasteiger partial charge in [0.15, 0.2) is 11.6 Å². The Morgan fingerprint density at radius 1 is 1.33 bits per heavy atom. The summed E-state index contributed by atoms with van der Waals surface area (Å²) in [7, 11) is 1.31. The van der Waals surface area contributed by atoms with Gasteiger partial charge in [-0.2, -0.15) is 18.2 Å². The summed E-state index contributed by atoms with van der Waals surface area (Å²) >= 11 is 0. The van der Waals surface area contributed by atoms with Gasteiger partial charge >= 0.3 is 6.18 Å². The smallest absolute Gasteiger partial charge is 0.401 e. The third-order valence-electron chi connectivity index (χ3n) is 2.48. The zero-order valence-corrected chi connectivity index (χ0v) is 10.9. The van der Waals surface area contributed by atoms with E-state index in [0.29, 0.717) is 5.56 Å². The van der Waals surface area contributed by atoms with Crippen LogP contribution in [0.1, 0.15) is 5.89 Å². The van der Waals surface area contributed by atoms with Gasteiger partial charge < -0.3 is 14.6 Å². The maximum Gasteiger partial charge on any atom is 0.401 e. The lowest BCUT2D eigenvalue weighted by atomic mass is 10.2. The Labute approximate surface area is 116 Å². The Hall–Kier alpha value is -2.16. The summed E-state index contributed by atoms with van der Waals surface area (Å²) in [4.78, 5) is 3.92. The van der Waals surface area contributed by atoms with Crippen LogP contribution >= 0.6 is 0 Å². The zero-order chi connectivity index (χ0) is 15.5. The van der Waals surface area contributed by atoms with Crippen molar-refractivity contribution in [2.75, 3.05) is 13.7 Å². The first-order valence-electron chi connectivity index (χ1n) is 5.83. The number of halogens is 4. The Balaban J connectivity index is 2.06. The largest absolute Gasteiger partial charge is 0.494 e. The molecular formula is C12H11F4N3O2. The van der Waals surface area contributed by atoms with Crippen LogP contribution in [0.2, 0.25) is 0 Å². The first-order valence-corrected chi connectivity index (χ1v) is 5.83. The van der Waals surface area contributed by atoms with Crippen LogP contribution in [0.15, 0.2) is 22.7 Å². The molecule has 0 aliphatic rings.